The highest BCUT2D eigenvalue weighted by molar-refractivity contribution is 5.77. The minimum Gasteiger partial charge on any atom is -0.480 e. The largest absolute Gasteiger partial charge is 0.480 e. The van der Waals surface area contributed by atoms with Crippen molar-refractivity contribution < 1.29 is 14.6 Å². The highest BCUT2D eigenvalue weighted by Crippen LogP contribution is 2.20. The van der Waals surface area contributed by atoms with Gasteiger partial charge in [0.1, 0.15) is 24.0 Å². The van der Waals surface area contributed by atoms with Crippen LogP contribution in [0.25, 0.3) is 0 Å². The molecule has 2 aromatic rings. The van der Waals surface area contributed by atoms with E-state index >= 15 is 0 Å². The molecule has 0 aliphatic carbocycles. The summed E-state index contributed by atoms with van der Waals surface area (Å²) in [5.41, 5.74) is 7.72. The maximum atomic E-state index is 12.0. The molecule has 0 radical (unpaired) electrons. The van der Waals surface area contributed by atoms with Crippen LogP contribution in [-0.4, -0.2) is 82.6 Å². The van der Waals surface area contributed by atoms with Crippen molar-refractivity contribution >= 4 is 29.6 Å². The third-order valence-corrected chi connectivity index (χ3v) is 6.44. The van der Waals surface area contributed by atoms with Gasteiger partial charge in [0.2, 0.25) is 0 Å². The first-order valence-electron chi connectivity index (χ1n) is 13.2. The van der Waals surface area contributed by atoms with Gasteiger partial charge in [-0.05, 0) is 75.9 Å². The summed E-state index contributed by atoms with van der Waals surface area (Å²) in [6, 6.07) is 5.13. The number of unbranched alkanes of at least 4 members (excludes halogenated alkanes) is 1. The number of aliphatic carboxylic acids is 1. The lowest BCUT2D eigenvalue weighted by Gasteiger charge is -2.26. The van der Waals surface area contributed by atoms with Gasteiger partial charge in [0.25, 0.3) is 0 Å². The molecule has 0 amide bonds. The van der Waals surface area contributed by atoms with Crippen molar-refractivity contribution in [3.8, 4) is 0 Å². The third-order valence-electron chi connectivity index (χ3n) is 6.44. The summed E-state index contributed by atoms with van der Waals surface area (Å²) >= 11 is 0. The molecule has 3 rings (SSSR count). The van der Waals surface area contributed by atoms with E-state index in [1.807, 2.05) is 6.92 Å². The summed E-state index contributed by atoms with van der Waals surface area (Å²) in [7, 11) is 1.69. The van der Waals surface area contributed by atoms with E-state index in [0.717, 1.165) is 63.3 Å². The van der Waals surface area contributed by atoms with E-state index in [4.69, 9.17) is 15.5 Å². The van der Waals surface area contributed by atoms with Crippen molar-refractivity contribution in [2.45, 2.75) is 57.6 Å². The predicted molar refractivity (Wildman–Crippen MR) is 150 cm³/mol. The lowest BCUT2D eigenvalue weighted by Crippen LogP contribution is -2.38. The van der Waals surface area contributed by atoms with Crippen molar-refractivity contribution in [1.82, 2.24) is 19.9 Å². The second kappa shape index (κ2) is 15.6. The van der Waals surface area contributed by atoms with Gasteiger partial charge in [-0.15, -0.1) is 0 Å². The Labute approximate surface area is 224 Å². The number of methoxy groups -OCH3 is 1. The van der Waals surface area contributed by atoms with Crippen LogP contribution in [0.1, 0.15) is 43.9 Å². The average Bonchev–Trinajstić information content (AvgIpc) is 2.93. The van der Waals surface area contributed by atoms with Crippen LogP contribution < -0.4 is 16.4 Å². The number of hydrogen-bond acceptors (Lipinski definition) is 10. The first kappa shape index (κ1) is 29.0. The molecule has 5 N–H and O–H groups in total. The zero-order valence-corrected chi connectivity index (χ0v) is 22.3. The fourth-order valence-corrected chi connectivity index (χ4v) is 4.30. The molecule has 38 heavy (non-hydrogen) atoms. The molecule has 11 heteroatoms. The highest BCUT2D eigenvalue weighted by Gasteiger charge is 2.20. The number of fused-ring (bicyclic) bond motifs is 1. The van der Waals surface area contributed by atoms with Gasteiger partial charge >= 0.3 is 5.97 Å². The van der Waals surface area contributed by atoms with Crippen LogP contribution in [0.4, 0.5) is 17.5 Å². The van der Waals surface area contributed by atoms with Crippen molar-refractivity contribution in [2.24, 2.45) is 10.7 Å². The van der Waals surface area contributed by atoms with E-state index in [9.17, 15) is 9.90 Å². The van der Waals surface area contributed by atoms with E-state index in [2.05, 4.69) is 42.6 Å². The van der Waals surface area contributed by atoms with Gasteiger partial charge in [-0.2, -0.15) is 0 Å². The van der Waals surface area contributed by atoms with Crippen LogP contribution in [0.2, 0.25) is 0 Å². The van der Waals surface area contributed by atoms with Gasteiger partial charge in [-0.25, -0.2) is 24.7 Å². The number of nitrogens with zero attached hydrogens (tertiary/aromatic N) is 5. The molecule has 0 saturated heterocycles. The number of nitrogens with one attached hydrogen (secondary N) is 2. The molecule has 0 fully saturated rings. The van der Waals surface area contributed by atoms with Crippen LogP contribution in [0.15, 0.2) is 41.8 Å². The summed E-state index contributed by atoms with van der Waals surface area (Å²) in [4.78, 5) is 31.4. The van der Waals surface area contributed by atoms with Crippen LogP contribution in [0, 0.1) is 0 Å². The molecule has 1 unspecified atom stereocenters. The number of carboxylic acids is 1. The van der Waals surface area contributed by atoms with Gasteiger partial charge in [0.15, 0.2) is 5.82 Å². The quantitative estimate of drug-likeness (QED) is 0.190. The van der Waals surface area contributed by atoms with Crippen molar-refractivity contribution in [3.05, 3.63) is 48.1 Å². The van der Waals surface area contributed by atoms with Gasteiger partial charge < -0.3 is 31.1 Å². The Balaban J connectivity index is 1.52. The summed E-state index contributed by atoms with van der Waals surface area (Å²) < 4.78 is 5.48. The second-order valence-corrected chi connectivity index (χ2v) is 9.39. The smallest absolute Gasteiger partial charge is 0.326 e. The van der Waals surface area contributed by atoms with Crippen LogP contribution in [0.5, 0.6) is 0 Å². The first-order valence-corrected chi connectivity index (χ1v) is 13.2. The number of anilines is 2. The zero-order chi connectivity index (χ0) is 27.2. The molecule has 1 aliphatic heterocycles. The minimum absolute atomic E-state index is 0.0458. The Morgan fingerprint density at radius 2 is 2.21 bits per heavy atom. The number of allylic oxidation sites excluding steroid dienone is 1. The first-order chi connectivity index (χ1) is 18.5. The number of hydrogen-bond donors (Lipinski definition) is 4. The molecule has 0 saturated carbocycles. The van der Waals surface area contributed by atoms with E-state index < -0.39 is 12.0 Å². The summed E-state index contributed by atoms with van der Waals surface area (Å²) in [5, 5.41) is 16.2. The number of aromatic nitrogens is 3. The molecule has 0 bridgehead atoms. The highest BCUT2D eigenvalue weighted by atomic mass is 16.5. The maximum absolute atomic E-state index is 12.0. The molecule has 1 aliphatic rings. The lowest BCUT2D eigenvalue weighted by atomic mass is 10.1. The van der Waals surface area contributed by atoms with E-state index in [1.165, 1.54) is 24.3 Å². The van der Waals surface area contributed by atoms with Crippen LogP contribution >= 0.6 is 0 Å². The van der Waals surface area contributed by atoms with Crippen molar-refractivity contribution in [2.75, 3.05) is 43.9 Å². The Morgan fingerprint density at radius 3 is 3.00 bits per heavy atom. The number of pyridine rings is 1. The van der Waals surface area contributed by atoms with Crippen molar-refractivity contribution in [1.29, 1.82) is 0 Å². The van der Waals surface area contributed by atoms with E-state index in [1.54, 1.807) is 19.3 Å². The monoisotopic (exact) mass is 524 g/mol. The number of aliphatic imine (C=N–C) groups is 1. The number of carboxylic acid groups (broad SMARTS) is 1. The SMILES string of the molecule is CO[C@H](C)CN(CCCCc1ccc2c(n1)NCCC2)CCC(Nc1cc(N=CC=CN)ncn1)C(=O)O. The molecular weight excluding hydrogens is 484 g/mol. The Kier molecular flexibility index (Phi) is 11.9. The summed E-state index contributed by atoms with van der Waals surface area (Å²) in [6.07, 6.45) is 11.4. The topological polar surface area (TPSA) is 151 Å². The number of aryl methyl sites for hydroxylation is 2. The second-order valence-electron chi connectivity index (χ2n) is 9.39. The zero-order valence-electron chi connectivity index (χ0n) is 22.3. The third kappa shape index (κ3) is 9.71. The minimum atomic E-state index is -0.938. The molecule has 2 aromatic heterocycles. The van der Waals surface area contributed by atoms with Gasteiger partial charge in [0.05, 0.1) is 6.10 Å². The molecule has 0 spiro atoms. The molecule has 3 heterocycles. The normalized spacial score (nSPS) is 14.9. The number of carbonyl (C=O) groups is 1. The van der Waals surface area contributed by atoms with Crippen LogP contribution in [-0.2, 0) is 22.4 Å². The predicted octanol–water partition coefficient (Wildman–Crippen LogP) is 3.02. The number of ether oxygens (including phenoxy) is 1. The van der Waals surface area contributed by atoms with Crippen LogP contribution in [0.3, 0.4) is 0 Å². The van der Waals surface area contributed by atoms with Gasteiger partial charge in [0, 0.05) is 44.7 Å². The molecule has 2 atom stereocenters. The lowest BCUT2D eigenvalue weighted by molar-refractivity contribution is -0.138. The summed E-state index contributed by atoms with van der Waals surface area (Å²) in [5.74, 6) is 0.905. The molecule has 0 aromatic carbocycles. The van der Waals surface area contributed by atoms with Crippen molar-refractivity contribution in [3.63, 3.8) is 0 Å². The fourth-order valence-electron chi connectivity index (χ4n) is 4.30. The average molecular weight is 525 g/mol. The number of rotatable bonds is 16. The molecule has 206 valence electrons. The molecule has 11 nitrogen and oxygen atoms in total. The van der Waals surface area contributed by atoms with E-state index in [-0.39, 0.29) is 6.10 Å². The number of nitrogens with two attached hydrogens (primary N) is 1. The maximum Gasteiger partial charge on any atom is 0.326 e. The Morgan fingerprint density at radius 1 is 1.34 bits per heavy atom. The molecular formula is C27H40N8O3. The van der Waals surface area contributed by atoms with E-state index in [0.29, 0.717) is 24.6 Å². The summed E-state index contributed by atoms with van der Waals surface area (Å²) in [6.45, 7) is 5.19. The Hall–Kier alpha value is -3.57. The standard InChI is InChI=1S/C27H40N8O3/c1-20(38-2)18-35(15-4-3-8-22-10-9-21-7-5-13-30-26(21)33-22)16-11-23(27(36)37)34-25-17-24(31-19-32-25)29-14-6-12-28/h6,9-10,12,14,17,19-20,23H,3-5,7-8,11,13,15-16,18,28H2,1-2H3,(H,30,33)(H,36,37)(H,31,32,34)/t20-,23?/m1/s1. The Bertz CT molecular complexity index is 1080. The van der Waals surface area contributed by atoms with Gasteiger partial charge in [-0.3, -0.25) is 0 Å². The van der Waals surface area contributed by atoms with Gasteiger partial charge in [-0.1, -0.05) is 6.07 Å². The fraction of sp³-hybridized carbons (Fsp3) is 0.519.